The van der Waals surface area contributed by atoms with Crippen LogP contribution in [0.25, 0.3) is 0 Å². The highest BCUT2D eigenvalue weighted by Crippen LogP contribution is 2.21. The number of amides is 1. The Kier molecular flexibility index (Phi) is 5.93. The number of hydrogen-bond acceptors (Lipinski definition) is 4. The van der Waals surface area contributed by atoms with Gasteiger partial charge in [-0.3, -0.25) is 14.7 Å². The van der Waals surface area contributed by atoms with Gasteiger partial charge in [-0.25, -0.2) is 9.37 Å². The zero-order chi connectivity index (χ0) is 18.5. The maximum absolute atomic E-state index is 13.2. The quantitative estimate of drug-likeness (QED) is 0.845. The van der Waals surface area contributed by atoms with Gasteiger partial charge < -0.3 is 4.90 Å². The van der Waals surface area contributed by atoms with Crippen LogP contribution in [0.15, 0.2) is 42.9 Å². The fourth-order valence-electron chi connectivity index (χ4n) is 3.47. The van der Waals surface area contributed by atoms with Crippen LogP contribution in [-0.4, -0.2) is 51.4 Å². The smallest absolute Gasteiger partial charge is 0.274 e. The molecule has 0 N–H and O–H groups in total. The molecular weight excluding hydrogens is 331 g/mol. The molecule has 3 rings (SSSR count). The first-order valence-corrected chi connectivity index (χ1v) is 9.08. The molecule has 0 unspecified atom stereocenters. The van der Waals surface area contributed by atoms with Gasteiger partial charge in [0.1, 0.15) is 11.5 Å². The van der Waals surface area contributed by atoms with E-state index in [2.05, 4.69) is 28.7 Å². The molecule has 2 heterocycles. The number of hydrogen-bond donors (Lipinski definition) is 0. The zero-order valence-corrected chi connectivity index (χ0v) is 15.3. The van der Waals surface area contributed by atoms with Crippen molar-refractivity contribution in [2.75, 3.05) is 19.6 Å². The summed E-state index contributed by atoms with van der Waals surface area (Å²) in [6, 6.07) is 6.91. The lowest BCUT2D eigenvalue weighted by atomic mass is 10.0. The van der Waals surface area contributed by atoms with Crippen LogP contribution >= 0.6 is 0 Å². The minimum atomic E-state index is -0.217. The van der Waals surface area contributed by atoms with Crippen molar-refractivity contribution in [3.8, 4) is 0 Å². The van der Waals surface area contributed by atoms with Crippen molar-refractivity contribution in [1.82, 2.24) is 19.8 Å². The predicted molar refractivity (Wildman–Crippen MR) is 98.0 cm³/mol. The van der Waals surface area contributed by atoms with Crippen LogP contribution in [0.2, 0.25) is 0 Å². The molecule has 138 valence electrons. The minimum Gasteiger partial charge on any atom is -0.336 e. The van der Waals surface area contributed by atoms with Gasteiger partial charge in [-0.15, -0.1) is 0 Å². The maximum atomic E-state index is 13.2. The molecule has 1 aromatic carbocycles. The van der Waals surface area contributed by atoms with Gasteiger partial charge >= 0.3 is 0 Å². The molecule has 26 heavy (non-hydrogen) atoms. The molecule has 1 fully saturated rings. The summed E-state index contributed by atoms with van der Waals surface area (Å²) < 4.78 is 13.2. The number of nitrogens with zero attached hydrogens (tertiary/aromatic N) is 4. The summed E-state index contributed by atoms with van der Waals surface area (Å²) in [5, 5.41) is 0. The lowest BCUT2D eigenvalue weighted by molar-refractivity contribution is 0.0696. The molecule has 1 atom stereocenters. The van der Waals surface area contributed by atoms with Crippen LogP contribution in [-0.2, 0) is 6.54 Å². The Hall–Kier alpha value is -2.34. The van der Waals surface area contributed by atoms with Crippen LogP contribution in [0, 0.1) is 11.7 Å². The lowest BCUT2D eigenvalue weighted by Crippen LogP contribution is -2.45. The molecular formula is C20H25FN4O. The topological polar surface area (TPSA) is 49.3 Å². The second-order valence-electron chi connectivity index (χ2n) is 7.10. The number of rotatable bonds is 4. The van der Waals surface area contributed by atoms with Crippen LogP contribution in [0.3, 0.4) is 0 Å². The normalized spacial score (nSPS) is 18.8. The molecule has 1 amide bonds. The van der Waals surface area contributed by atoms with Crippen LogP contribution in [0.1, 0.15) is 36.3 Å². The molecule has 0 saturated carbocycles. The van der Waals surface area contributed by atoms with E-state index in [0.717, 1.165) is 25.1 Å². The Bertz CT molecular complexity index is 720. The molecule has 0 bridgehead atoms. The highest BCUT2D eigenvalue weighted by Gasteiger charge is 2.30. The summed E-state index contributed by atoms with van der Waals surface area (Å²) in [5.74, 6) is 0.115. The van der Waals surface area contributed by atoms with E-state index < -0.39 is 0 Å². The van der Waals surface area contributed by atoms with E-state index >= 15 is 0 Å². The van der Waals surface area contributed by atoms with Crippen LogP contribution in [0.5, 0.6) is 0 Å². The van der Waals surface area contributed by atoms with Crippen molar-refractivity contribution in [2.45, 2.75) is 32.9 Å². The van der Waals surface area contributed by atoms with Gasteiger partial charge in [-0.1, -0.05) is 26.0 Å². The van der Waals surface area contributed by atoms with Gasteiger partial charge in [-0.05, 0) is 30.0 Å². The third-order valence-electron chi connectivity index (χ3n) is 4.89. The Morgan fingerprint density at radius 3 is 2.65 bits per heavy atom. The number of carbonyl (C=O) groups is 1. The fourth-order valence-corrected chi connectivity index (χ4v) is 3.47. The second kappa shape index (κ2) is 8.36. The summed E-state index contributed by atoms with van der Waals surface area (Å²) in [4.78, 5) is 25.2. The molecule has 5 nitrogen and oxygen atoms in total. The lowest BCUT2D eigenvalue weighted by Gasteiger charge is -2.34. The van der Waals surface area contributed by atoms with Crippen molar-refractivity contribution < 1.29 is 9.18 Å². The second-order valence-corrected chi connectivity index (χ2v) is 7.10. The van der Waals surface area contributed by atoms with Crippen molar-refractivity contribution >= 4 is 5.91 Å². The molecule has 6 heteroatoms. The molecule has 0 spiro atoms. The van der Waals surface area contributed by atoms with E-state index in [1.165, 1.54) is 18.3 Å². The monoisotopic (exact) mass is 356 g/mol. The molecule has 2 aromatic rings. The van der Waals surface area contributed by atoms with Crippen molar-refractivity contribution in [3.05, 3.63) is 59.9 Å². The predicted octanol–water partition coefficient (Wildman–Crippen LogP) is 2.99. The summed E-state index contributed by atoms with van der Waals surface area (Å²) in [6.07, 6.45) is 5.54. The highest BCUT2D eigenvalue weighted by atomic mass is 19.1. The summed E-state index contributed by atoms with van der Waals surface area (Å²) >= 11 is 0. The Balaban J connectivity index is 1.75. The van der Waals surface area contributed by atoms with Gasteiger partial charge in [0.15, 0.2) is 0 Å². The third kappa shape index (κ3) is 4.43. The number of benzene rings is 1. The van der Waals surface area contributed by atoms with Crippen molar-refractivity contribution in [2.24, 2.45) is 5.92 Å². The molecule has 1 aromatic heterocycles. The number of halogens is 1. The van der Waals surface area contributed by atoms with E-state index in [4.69, 9.17) is 0 Å². The zero-order valence-electron chi connectivity index (χ0n) is 15.3. The molecule has 1 saturated heterocycles. The van der Waals surface area contributed by atoms with Gasteiger partial charge in [0.2, 0.25) is 0 Å². The minimum absolute atomic E-state index is 0.0626. The van der Waals surface area contributed by atoms with Gasteiger partial charge in [0, 0.05) is 44.6 Å². The van der Waals surface area contributed by atoms with Gasteiger partial charge in [0.05, 0.1) is 6.20 Å². The fraction of sp³-hybridized carbons (Fsp3) is 0.450. The first-order valence-electron chi connectivity index (χ1n) is 9.08. The number of aromatic nitrogens is 2. The first kappa shape index (κ1) is 18.5. The summed E-state index contributed by atoms with van der Waals surface area (Å²) in [6.45, 7) is 7.39. The third-order valence-corrected chi connectivity index (χ3v) is 4.89. The van der Waals surface area contributed by atoms with E-state index in [-0.39, 0.29) is 17.8 Å². The maximum Gasteiger partial charge on any atom is 0.274 e. The molecule has 1 aliphatic heterocycles. The number of carbonyl (C=O) groups excluding carboxylic acids is 1. The van der Waals surface area contributed by atoms with Gasteiger partial charge in [-0.2, -0.15) is 0 Å². The standard InChI is InChI=1S/C20H25FN4O/c1-15(2)19-14-25(20(26)18-12-22-8-9-23-18)11-3-10-24(19)13-16-4-6-17(21)7-5-16/h4-9,12,15,19H,3,10-11,13-14H2,1-2H3/t19-/m0/s1. The molecule has 1 aliphatic rings. The molecule has 0 aliphatic carbocycles. The summed E-state index contributed by atoms with van der Waals surface area (Å²) in [7, 11) is 0. The Labute approximate surface area is 153 Å². The largest absolute Gasteiger partial charge is 0.336 e. The average molecular weight is 356 g/mol. The van der Waals surface area contributed by atoms with E-state index in [0.29, 0.717) is 24.7 Å². The van der Waals surface area contributed by atoms with Crippen molar-refractivity contribution in [1.29, 1.82) is 0 Å². The average Bonchev–Trinajstić information content (AvgIpc) is 2.86. The first-order chi connectivity index (χ1) is 12.5. The molecule has 0 radical (unpaired) electrons. The summed E-state index contributed by atoms with van der Waals surface area (Å²) in [5.41, 5.74) is 1.48. The Morgan fingerprint density at radius 1 is 1.23 bits per heavy atom. The van der Waals surface area contributed by atoms with E-state index in [1.54, 1.807) is 12.4 Å². The Morgan fingerprint density at radius 2 is 2.00 bits per heavy atom. The van der Waals surface area contributed by atoms with Gasteiger partial charge in [0.25, 0.3) is 5.91 Å². The van der Waals surface area contributed by atoms with Crippen molar-refractivity contribution in [3.63, 3.8) is 0 Å². The van der Waals surface area contributed by atoms with Crippen LogP contribution < -0.4 is 0 Å². The SMILES string of the molecule is CC(C)[C@@H]1CN(C(=O)c2cnccn2)CCCN1Cc1ccc(F)cc1. The van der Waals surface area contributed by atoms with E-state index in [1.807, 2.05) is 17.0 Å². The highest BCUT2D eigenvalue weighted by molar-refractivity contribution is 5.92. The van der Waals surface area contributed by atoms with Crippen LogP contribution in [0.4, 0.5) is 4.39 Å². The van der Waals surface area contributed by atoms with E-state index in [9.17, 15) is 9.18 Å².